The van der Waals surface area contributed by atoms with Gasteiger partial charge in [0, 0.05) is 12.6 Å². The molecule has 1 aliphatic carbocycles. The van der Waals surface area contributed by atoms with E-state index in [1.165, 1.54) is 49.3 Å². The number of rotatable bonds is 4. The smallest absolute Gasteiger partial charge is 0.348 e. The van der Waals surface area contributed by atoms with Crippen LogP contribution in [0.25, 0.3) is 5.65 Å². The fourth-order valence-corrected chi connectivity index (χ4v) is 2.79. The van der Waals surface area contributed by atoms with Crippen LogP contribution in [0.2, 0.25) is 0 Å². The van der Waals surface area contributed by atoms with E-state index in [1.807, 2.05) is 0 Å². The Morgan fingerprint density at radius 3 is 3.05 bits per heavy atom. The van der Waals surface area contributed by atoms with Crippen LogP contribution in [0, 0.1) is 5.92 Å². The average molecular weight is 261 g/mol. The first kappa shape index (κ1) is 12.2. The van der Waals surface area contributed by atoms with Crippen molar-refractivity contribution in [1.82, 2.24) is 19.6 Å². The molecule has 0 spiro atoms. The van der Waals surface area contributed by atoms with E-state index in [-0.39, 0.29) is 5.69 Å². The Balaban J connectivity index is 1.57. The maximum Gasteiger partial charge on any atom is 0.348 e. The van der Waals surface area contributed by atoms with E-state index in [1.54, 1.807) is 6.07 Å². The lowest BCUT2D eigenvalue weighted by molar-refractivity contribution is 0.345. The molecule has 6 heteroatoms. The van der Waals surface area contributed by atoms with Crippen LogP contribution < -0.4 is 11.0 Å². The molecule has 1 saturated carbocycles. The molecule has 0 bridgehead atoms. The number of aromatic nitrogens is 4. The van der Waals surface area contributed by atoms with Gasteiger partial charge in [0.25, 0.3) is 0 Å². The van der Waals surface area contributed by atoms with Crippen molar-refractivity contribution in [2.75, 3.05) is 11.9 Å². The molecule has 0 atom stereocenters. The van der Waals surface area contributed by atoms with Crippen LogP contribution >= 0.6 is 0 Å². The highest BCUT2D eigenvalue weighted by Crippen LogP contribution is 2.26. The first-order chi connectivity index (χ1) is 9.33. The Morgan fingerprint density at radius 1 is 1.37 bits per heavy atom. The van der Waals surface area contributed by atoms with Gasteiger partial charge >= 0.3 is 5.69 Å². The molecule has 0 saturated heterocycles. The number of H-pyrrole nitrogens is 1. The molecule has 19 heavy (non-hydrogen) atoms. The summed E-state index contributed by atoms with van der Waals surface area (Å²) in [6.45, 7) is 0.933. The lowest BCUT2D eigenvalue weighted by atomic mass is 9.87. The lowest BCUT2D eigenvalue weighted by Gasteiger charge is -2.21. The molecule has 3 rings (SSSR count). The standard InChI is InChI=1S/C13H19N5O/c19-13-17-16-12-8-11(15-9-18(12)13)14-7-6-10-4-2-1-3-5-10/h8-10,14H,1-7H2,(H,17,19). The minimum atomic E-state index is -0.253. The second kappa shape index (κ2) is 5.42. The van der Waals surface area contributed by atoms with Crippen LogP contribution in [0.4, 0.5) is 5.82 Å². The van der Waals surface area contributed by atoms with Crippen molar-refractivity contribution < 1.29 is 0 Å². The predicted octanol–water partition coefficient (Wildman–Crippen LogP) is 1.80. The number of nitrogens with zero attached hydrogens (tertiary/aromatic N) is 3. The Hall–Kier alpha value is -1.85. The van der Waals surface area contributed by atoms with Crippen molar-refractivity contribution in [2.45, 2.75) is 38.5 Å². The van der Waals surface area contributed by atoms with E-state index in [0.717, 1.165) is 18.3 Å². The molecule has 1 fully saturated rings. The highest BCUT2D eigenvalue weighted by atomic mass is 16.1. The first-order valence-corrected chi connectivity index (χ1v) is 6.99. The summed E-state index contributed by atoms with van der Waals surface area (Å²) in [5.74, 6) is 1.64. The molecule has 0 unspecified atom stereocenters. The van der Waals surface area contributed by atoms with Gasteiger partial charge in [0.1, 0.15) is 12.1 Å². The third-order valence-corrected chi connectivity index (χ3v) is 3.89. The molecule has 0 aliphatic heterocycles. The maximum atomic E-state index is 11.3. The molecule has 1 aliphatic rings. The van der Waals surface area contributed by atoms with Crippen molar-refractivity contribution in [3.8, 4) is 0 Å². The summed E-state index contributed by atoms with van der Waals surface area (Å²) in [5, 5.41) is 9.64. The van der Waals surface area contributed by atoms with Gasteiger partial charge in [0.15, 0.2) is 5.65 Å². The molecule has 0 radical (unpaired) electrons. The van der Waals surface area contributed by atoms with E-state index in [9.17, 15) is 4.79 Å². The van der Waals surface area contributed by atoms with Crippen molar-refractivity contribution >= 4 is 11.5 Å². The van der Waals surface area contributed by atoms with Crippen LogP contribution in [-0.4, -0.2) is 26.1 Å². The van der Waals surface area contributed by atoms with Gasteiger partial charge in [-0.25, -0.2) is 19.3 Å². The van der Waals surface area contributed by atoms with E-state index in [0.29, 0.717) is 5.65 Å². The van der Waals surface area contributed by atoms with Gasteiger partial charge in [-0.2, -0.15) is 5.10 Å². The highest BCUT2D eigenvalue weighted by Gasteiger charge is 2.12. The summed E-state index contributed by atoms with van der Waals surface area (Å²) in [4.78, 5) is 15.5. The van der Waals surface area contributed by atoms with Gasteiger partial charge in [-0.3, -0.25) is 0 Å². The third kappa shape index (κ3) is 2.77. The van der Waals surface area contributed by atoms with Crippen LogP contribution in [-0.2, 0) is 0 Å². The topological polar surface area (TPSA) is 75.1 Å². The first-order valence-electron chi connectivity index (χ1n) is 6.99. The van der Waals surface area contributed by atoms with Gasteiger partial charge < -0.3 is 5.32 Å². The van der Waals surface area contributed by atoms with Crippen molar-refractivity contribution in [3.05, 3.63) is 22.9 Å². The Bertz CT molecular complexity index is 596. The summed E-state index contributed by atoms with van der Waals surface area (Å²) in [6.07, 6.45) is 9.59. The molecule has 6 nitrogen and oxygen atoms in total. The Labute approximate surface area is 111 Å². The Morgan fingerprint density at radius 2 is 2.21 bits per heavy atom. The Kier molecular flexibility index (Phi) is 3.48. The number of fused-ring (bicyclic) bond motifs is 1. The number of hydrogen-bond acceptors (Lipinski definition) is 4. The zero-order valence-electron chi connectivity index (χ0n) is 10.9. The number of nitrogens with one attached hydrogen (secondary N) is 2. The normalized spacial score (nSPS) is 16.8. The monoisotopic (exact) mass is 261 g/mol. The van der Waals surface area contributed by atoms with Crippen LogP contribution in [0.5, 0.6) is 0 Å². The van der Waals surface area contributed by atoms with Gasteiger partial charge in [-0.1, -0.05) is 32.1 Å². The molecule has 0 aromatic carbocycles. The van der Waals surface area contributed by atoms with E-state index < -0.39 is 0 Å². The highest BCUT2D eigenvalue weighted by molar-refractivity contribution is 5.48. The third-order valence-electron chi connectivity index (χ3n) is 3.89. The predicted molar refractivity (Wildman–Crippen MR) is 73.3 cm³/mol. The van der Waals surface area contributed by atoms with Crippen LogP contribution in [0.1, 0.15) is 38.5 Å². The molecule has 102 valence electrons. The summed E-state index contributed by atoms with van der Waals surface area (Å²) >= 11 is 0. The zero-order chi connectivity index (χ0) is 13.1. The number of anilines is 1. The van der Waals surface area contributed by atoms with Gasteiger partial charge in [-0.15, -0.1) is 0 Å². The average Bonchev–Trinajstić information content (AvgIpc) is 2.81. The number of hydrogen-bond donors (Lipinski definition) is 2. The fraction of sp³-hybridized carbons (Fsp3) is 0.615. The summed E-state index contributed by atoms with van der Waals surface area (Å²) in [5.41, 5.74) is 0.344. The summed E-state index contributed by atoms with van der Waals surface area (Å²) < 4.78 is 1.40. The minimum Gasteiger partial charge on any atom is -0.370 e. The van der Waals surface area contributed by atoms with Gasteiger partial charge in [-0.05, 0) is 12.3 Å². The second-order valence-corrected chi connectivity index (χ2v) is 5.25. The molecule has 2 aromatic rings. The fourth-order valence-electron chi connectivity index (χ4n) is 2.79. The molecular formula is C13H19N5O. The van der Waals surface area contributed by atoms with Crippen LogP contribution in [0.3, 0.4) is 0 Å². The van der Waals surface area contributed by atoms with E-state index in [2.05, 4.69) is 20.5 Å². The quantitative estimate of drug-likeness (QED) is 0.880. The van der Waals surface area contributed by atoms with Crippen molar-refractivity contribution in [1.29, 1.82) is 0 Å². The SMILES string of the molecule is O=c1[nH]nc2cc(NCCC3CCCCC3)ncn12. The van der Waals surface area contributed by atoms with Crippen molar-refractivity contribution in [2.24, 2.45) is 5.92 Å². The van der Waals surface area contributed by atoms with Gasteiger partial charge in [0.2, 0.25) is 0 Å². The molecule has 2 N–H and O–H groups in total. The van der Waals surface area contributed by atoms with E-state index >= 15 is 0 Å². The molecular weight excluding hydrogens is 242 g/mol. The lowest BCUT2D eigenvalue weighted by Crippen LogP contribution is -2.13. The summed E-state index contributed by atoms with van der Waals surface area (Å²) in [7, 11) is 0. The zero-order valence-corrected chi connectivity index (χ0v) is 10.9. The minimum absolute atomic E-state index is 0.253. The maximum absolute atomic E-state index is 11.3. The van der Waals surface area contributed by atoms with Gasteiger partial charge in [0.05, 0.1) is 0 Å². The second-order valence-electron chi connectivity index (χ2n) is 5.25. The van der Waals surface area contributed by atoms with E-state index in [4.69, 9.17) is 0 Å². The summed E-state index contributed by atoms with van der Waals surface area (Å²) in [6, 6.07) is 1.79. The largest absolute Gasteiger partial charge is 0.370 e. The van der Waals surface area contributed by atoms with Crippen LogP contribution in [0.15, 0.2) is 17.2 Å². The number of aromatic amines is 1. The molecule has 0 amide bonds. The van der Waals surface area contributed by atoms with Crippen molar-refractivity contribution in [3.63, 3.8) is 0 Å². The molecule has 2 aromatic heterocycles. The molecule has 2 heterocycles.